The molecule has 0 bridgehead atoms. The standard InChI is InChI=1S/C10H18INO2/c11-6-2-3-7-12-10(13)9-5-1-4-8-14-9/h9H,1-8H2,(H,12,13). The lowest BCUT2D eigenvalue weighted by molar-refractivity contribution is -0.135. The molecule has 1 amide bonds. The lowest BCUT2D eigenvalue weighted by atomic mass is 10.1. The fourth-order valence-electron chi connectivity index (χ4n) is 1.49. The van der Waals surface area contributed by atoms with E-state index in [2.05, 4.69) is 27.9 Å². The van der Waals surface area contributed by atoms with Crippen LogP contribution >= 0.6 is 22.6 Å². The average molecular weight is 311 g/mol. The zero-order chi connectivity index (χ0) is 10.2. The molecule has 1 aliphatic rings. The molecule has 3 nitrogen and oxygen atoms in total. The van der Waals surface area contributed by atoms with Gasteiger partial charge in [0.2, 0.25) is 5.91 Å². The van der Waals surface area contributed by atoms with E-state index in [1.807, 2.05) is 0 Å². The highest BCUT2D eigenvalue weighted by molar-refractivity contribution is 14.1. The largest absolute Gasteiger partial charge is 0.368 e. The molecule has 0 saturated carbocycles. The maximum absolute atomic E-state index is 11.5. The first-order valence-electron chi connectivity index (χ1n) is 5.30. The Morgan fingerprint density at radius 1 is 1.43 bits per heavy atom. The van der Waals surface area contributed by atoms with E-state index in [-0.39, 0.29) is 12.0 Å². The van der Waals surface area contributed by atoms with Gasteiger partial charge in [0.1, 0.15) is 6.10 Å². The van der Waals surface area contributed by atoms with Gasteiger partial charge >= 0.3 is 0 Å². The van der Waals surface area contributed by atoms with Crippen LogP contribution in [0.25, 0.3) is 0 Å². The summed E-state index contributed by atoms with van der Waals surface area (Å²) in [6, 6.07) is 0. The molecule has 82 valence electrons. The summed E-state index contributed by atoms with van der Waals surface area (Å²) in [5.74, 6) is 0.0816. The third-order valence-corrected chi connectivity index (χ3v) is 3.09. The van der Waals surface area contributed by atoms with Gasteiger partial charge in [0.25, 0.3) is 0 Å². The highest BCUT2D eigenvalue weighted by atomic mass is 127. The molecule has 0 radical (unpaired) electrons. The Bertz CT molecular complexity index is 170. The van der Waals surface area contributed by atoms with Gasteiger partial charge in [-0.05, 0) is 36.5 Å². The molecule has 1 rings (SSSR count). The van der Waals surface area contributed by atoms with Crippen molar-refractivity contribution in [2.75, 3.05) is 17.6 Å². The number of ether oxygens (including phenoxy) is 1. The number of unbranched alkanes of at least 4 members (excludes halogenated alkanes) is 1. The van der Waals surface area contributed by atoms with E-state index in [0.29, 0.717) is 0 Å². The van der Waals surface area contributed by atoms with E-state index in [9.17, 15) is 4.79 Å². The molecule has 0 aromatic carbocycles. The third-order valence-electron chi connectivity index (χ3n) is 2.33. The molecule has 1 unspecified atom stereocenters. The lowest BCUT2D eigenvalue weighted by Gasteiger charge is -2.21. The van der Waals surface area contributed by atoms with Crippen LogP contribution in [0.3, 0.4) is 0 Å². The fraction of sp³-hybridized carbons (Fsp3) is 0.900. The molecule has 1 atom stereocenters. The SMILES string of the molecule is O=C(NCCCCI)C1CCCCO1. The first-order valence-corrected chi connectivity index (χ1v) is 6.82. The van der Waals surface area contributed by atoms with Crippen LogP contribution in [0.4, 0.5) is 0 Å². The molecule has 1 aliphatic heterocycles. The van der Waals surface area contributed by atoms with Gasteiger partial charge in [0.15, 0.2) is 0 Å². The Labute approximate surface area is 99.1 Å². The van der Waals surface area contributed by atoms with Crippen LogP contribution in [-0.4, -0.2) is 29.6 Å². The second kappa shape index (κ2) is 7.45. The number of carbonyl (C=O) groups is 1. The van der Waals surface area contributed by atoms with Crippen molar-refractivity contribution in [3.05, 3.63) is 0 Å². The first kappa shape index (κ1) is 12.2. The molecule has 0 spiro atoms. The molecular formula is C10H18INO2. The van der Waals surface area contributed by atoms with Crippen LogP contribution in [0.15, 0.2) is 0 Å². The summed E-state index contributed by atoms with van der Waals surface area (Å²) in [6.07, 6.45) is 5.17. The Balaban J connectivity index is 2.07. The normalized spacial score (nSPS) is 21.9. The average Bonchev–Trinajstić information content (AvgIpc) is 2.25. The number of nitrogens with one attached hydrogen (secondary N) is 1. The maximum Gasteiger partial charge on any atom is 0.249 e. The van der Waals surface area contributed by atoms with Gasteiger partial charge in [0.05, 0.1) is 0 Å². The minimum absolute atomic E-state index is 0.0816. The Hall–Kier alpha value is 0.160. The summed E-state index contributed by atoms with van der Waals surface area (Å²) in [4.78, 5) is 11.5. The van der Waals surface area contributed by atoms with E-state index in [0.717, 1.165) is 43.3 Å². The molecule has 4 heteroatoms. The van der Waals surface area contributed by atoms with Crippen molar-refractivity contribution >= 4 is 28.5 Å². The molecule has 14 heavy (non-hydrogen) atoms. The third kappa shape index (κ3) is 4.59. The van der Waals surface area contributed by atoms with Crippen molar-refractivity contribution in [3.63, 3.8) is 0 Å². The molecule has 1 fully saturated rings. The van der Waals surface area contributed by atoms with E-state index < -0.39 is 0 Å². The van der Waals surface area contributed by atoms with Crippen LogP contribution in [0.5, 0.6) is 0 Å². The quantitative estimate of drug-likeness (QED) is 0.478. The highest BCUT2D eigenvalue weighted by Gasteiger charge is 2.20. The molecule has 0 aliphatic carbocycles. The van der Waals surface area contributed by atoms with Crippen LogP contribution in [0.2, 0.25) is 0 Å². The summed E-state index contributed by atoms with van der Waals surface area (Å²) >= 11 is 2.35. The Morgan fingerprint density at radius 3 is 2.93 bits per heavy atom. The first-order chi connectivity index (χ1) is 6.84. The van der Waals surface area contributed by atoms with Crippen molar-refractivity contribution in [2.45, 2.75) is 38.2 Å². The summed E-state index contributed by atoms with van der Waals surface area (Å²) in [7, 11) is 0. The predicted molar refractivity (Wildman–Crippen MR) is 64.7 cm³/mol. The molecule has 1 N–H and O–H groups in total. The second-order valence-electron chi connectivity index (χ2n) is 3.54. The number of amides is 1. The molecule has 1 heterocycles. The van der Waals surface area contributed by atoms with Crippen molar-refractivity contribution < 1.29 is 9.53 Å². The number of alkyl halides is 1. The minimum atomic E-state index is -0.177. The zero-order valence-electron chi connectivity index (χ0n) is 8.43. The molecule has 0 aromatic heterocycles. The topological polar surface area (TPSA) is 38.3 Å². The van der Waals surface area contributed by atoms with Crippen LogP contribution in [-0.2, 0) is 9.53 Å². The smallest absolute Gasteiger partial charge is 0.249 e. The monoisotopic (exact) mass is 311 g/mol. The van der Waals surface area contributed by atoms with E-state index in [4.69, 9.17) is 4.74 Å². The number of carbonyl (C=O) groups excluding carboxylic acids is 1. The van der Waals surface area contributed by atoms with Crippen molar-refractivity contribution in [3.8, 4) is 0 Å². The van der Waals surface area contributed by atoms with Gasteiger partial charge in [-0.1, -0.05) is 22.6 Å². The van der Waals surface area contributed by atoms with Crippen molar-refractivity contribution in [1.82, 2.24) is 5.32 Å². The van der Waals surface area contributed by atoms with Gasteiger partial charge in [-0.25, -0.2) is 0 Å². The van der Waals surface area contributed by atoms with Gasteiger partial charge in [0, 0.05) is 13.2 Å². The van der Waals surface area contributed by atoms with Crippen LogP contribution in [0, 0.1) is 0 Å². The lowest BCUT2D eigenvalue weighted by Crippen LogP contribution is -2.38. The summed E-state index contributed by atoms with van der Waals surface area (Å²) in [5, 5.41) is 2.92. The Morgan fingerprint density at radius 2 is 2.29 bits per heavy atom. The Kier molecular flexibility index (Phi) is 6.51. The van der Waals surface area contributed by atoms with E-state index in [1.165, 1.54) is 6.42 Å². The molecule has 1 saturated heterocycles. The zero-order valence-corrected chi connectivity index (χ0v) is 10.6. The van der Waals surface area contributed by atoms with Gasteiger partial charge in [-0.15, -0.1) is 0 Å². The van der Waals surface area contributed by atoms with Crippen LogP contribution in [0.1, 0.15) is 32.1 Å². The van der Waals surface area contributed by atoms with E-state index >= 15 is 0 Å². The van der Waals surface area contributed by atoms with Crippen molar-refractivity contribution in [2.24, 2.45) is 0 Å². The summed E-state index contributed by atoms with van der Waals surface area (Å²) in [5.41, 5.74) is 0. The fourth-order valence-corrected chi connectivity index (χ4v) is 2.03. The molecular weight excluding hydrogens is 293 g/mol. The highest BCUT2D eigenvalue weighted by Crippen LogP contribution is 2.12. The number of rotatable bonds is 5. The number of hydrogen-bond acceptors (Lipinski definition) is 2. The van der Waals surface area contributed by atoms with Gasteiger partial charge in [-0.2, -0.15) is 0 Å². The minimum Gasteiger partial charge on any atom is -0.368 e. The van der Waals surface area contributed by atoms with Gasteiger partial charge in [-0.3, -0.25) is 4.79 Å². The summed E-state index contributed by atoms with van der Waals surface area (Å²) in [6.45, 7) is 1.54. The van der Waals surface area contributed by atoms with Crippen molar-refractivity contribution in [1.29, 1.82) is 0 Å². The second-order valence-corrected chi connectivity index (χ2v) is 4.62. The predicted octanol–water partition coefficient (Wildman–Crippen LogP) is 1.89. The van der Waals surface area contributed by atoms with Gasteiger partial charge < -0.3 is 10.1 Å². The summed E-state index contributed by atoms with van der Waals surface area (Å²) < 4.78 is 6.54. The molecule has 0 aromatic rings. The maximum atomic E-state index is 11.5. The van der Waals surface area contributed by atoms with E-state index in [1.54, 1.807) is 0 Å². The number of hydrogen-bond donors (Lipinski definition) is 1. The number of halogens is 1. The van der Waals surface area contributed by atoms with Crippen LogP contribution < -0.4 is 5.32 Å².